The van der Waals surface area contributed by atoms with E-state index in [9.17, 15) is 4.79 Å². The van der Waals surface area contributed by atoms with Crippen LogP contribution in [0.1, 0.15) is 16.8 Å². The second kappa shape index (κ2) is 9.13. The van der Waals surface area contributed by atoms with Crippen LogP contribution in [0.25, 0.3) is 22.0 Å². The first-order valence-electron chi connectivity index (χ1n) is 11.3. The molecule has 0 bridgehead atoms. The molecule has 0 aliphatic rings. The van der Waals surface area contributed by atoms with Crippen LogP contribution in [0.15, 0.2) is 85.5 Å². The van der Waals surface area contributed by atoms with Crippen molar-refractivity contribution >= 4 is 40.1 Å². The summed E-state index contributed by atoms with van der Waals surface area (Å²) in [5.41, 5.74) is 11.3. The number of rotatable bonds is 4. The van der Waals surface area contributed by atoms with Gasteiger partial charge in [-0.2, -0.15) is 0 Å². The molecule has 0 saturated carbocycles. The van der Waals surface area contributed by atoms with Crippen LogP contribution in [0.3, 0.4) is 0 Å². The minimum absolute atomic E-state index is 0.149. The summed E-state index contributed by atoms with van der Waals surface area (Å²) in [6, 6.07) is 20.9. The van der Waals surface area contributed by atoms with E-state index in [4.69, 9.17) is 28.9 Å². The maximum atomic E-state index is 13.1. The molecule has 0 spiro atoms. The molecule has 0 radical (unpaired) electrons. The van der Waals surface area contributed by atoms with Crippen molar-refractivity contribution in [3.63, 3.8) is 0 Å². The van der Waals surface area contributed by atoms with E-state index in [1.54, 1.807) is 36.1 Å². The smallest absolute Gasteiger partial charge is 0.328 e. The molecule has 2 N–H and O–H groups in total. The Bertz CT molecular complexity index is 1590. The van der Waals surface area contributed by atoms with Crippen LogP contribution in [0, 0.1) is 0 Å². The molecule has 36 heavy (non-hydrogen) atoms. The first kappa shape index (κ1) is 24.1. The number of nitrogens with two attached hydrogens (primary N) is 1. The van der Waals surface area contributed by atoms with Crippen LogP contribution in [-0.4, -0.2) is 39.1 Å². The SMILES string of the molecule is CN(C)C(=O)n1cc(-c2cccc(Cl)c2)c2cc(C(N)(c3ccc(Cl)cc3)c3cncn3C)ccc21. The van der Waals surface area contributed by atoms with E-state index in [1.165, 1.54) is 0 Å². The van der Waals surface area contributed by atoms with Gasteiger partial charge in [0, 0.05) is 48.3 Å². The highest BCUT2D eigenvalue weighted by molar-refractivity contribution is 6.31. The molecule has 1 atom stereocenters. The topological polar surface area (TPSA) is 69.1 Å². The van der Waals surface area contributed by atoms with Gasteiger partial charge in [0.25, 0.3) is 0 Å². The molecule has 1 unspecified atom stereocenters. The first-order chi connectivity index (χ1) is 17.2. The molecule has 2 heterocycles. The lowest BCUT2D eigenvalue weighted by atomic mass is 9.80. The molecule has 3 aromatic carbocycles. The Balaban J connectivity index is 1.81. The summed E-state index contributed by atoms with van der Waals surface area (Å²) < 4.78 is 3.57. The van der Waals surface area contributed by atoms with Crippen LogP contribution < -0.4 is 5.73 Å². The maximum Gasteiger partial charge on any atom is 0.328 e. The van der Waals surface area contributed by atoms with Gasteiger partial charge in [-0.05, 0) is 53.1 Å². The van der Waals surface area contributed by atoms with E-state index < -0.39 is 5.54 Å². The zero-order valence-corrected chi connectivity index (χ0v) is 21.6. The zero-order valence-electron chi connectivity index (χ0n) is 20.1. The maximum absolute atomic E-state index is 13.1. The molecule has 0 saturated heterocycles. The van der Waals surface area contributed by atoms with Crippen molar-refractivity contribution in [2.24, 2.45) is 12.8 Å². The van der Waals surface area contributed by atoms with Gasteiger partial charge in [0.1, 0.15) is 5.54 Å². The molecule has 0 aliphatic heterocycles. The third-order valence-electron chi connectivity index (χ3n) is 6.50. The number of aryl methyl sites for hydroxylation is 1. The number of fused-ring (bicyclic) bond motifs is 1. The lowest BCUT2D eigenvalue weighted by Crippen LogP contribution is -2.40. The monoisotopic (exact) mass is 517 g/mol. The summed E-state index contributed by atoms with van der Waals surface area (Å²) in [5, 5.41) is 2.13. The van der Waals surface area contributed by atoms with Crippen molar-refractivity contribution in [1.29, 1.82) is 0 Å². The molecular weight excluding hydrogens is 493 g/mol. The fourth-order valence-electron chi connectivity index (χ4n) is 4.65. The summed E-state index contributed by atoms with van der Waals surface area (Å²) in [4.78, 5) is 18.9. The van der Waals surface area contributed by atoms with Gasteiger partial charge in [-0.1, -0.05) is 53.5 Å². The zero-order chi connectivity index (χ0) is 25.6. The van der Waals surface area contributed by atoms with E-state index >= 15 is 0 Å². The van der Waals surface area contributed by atoms with Crippen molar-refractivity contribution in [2.45, 2.75) is 5.54 Å². The number of hydrogen-bond acceptors (Lipinski definition) is 3. The van der Waals surface area contributed by atoms with Crippen molar-refractivity contribution in [1.82, 2.24) is 19.0 Å². The van der Waals surface area contributed by atoms with E-state index in [2.05, 4.69) is 4.98 Å². The number of aromatic nitrogens is 3. The van der Waals surface area contributed by atoms with Crippen LogP contribution >= 0.6 is 23.2 Å². The van der Waals surface area contributed by atoms with Gasteiger partial charge in [-0.3, -0.25) is 4.57 Å². The highest BCUT2D eigenvalue weighted by atomic mass is 35.5. The summed E-state index contributed by atoms with van der Waals surface area (Å²) in [5.74, 6) is 0. The highest BCUT2D eigenvalue weighted by Crippen LogP contribution is 2.39. The van der Waals surface area contributed by atoms with Gasteiger partial charge in [0.2, 0.25) is 0 Å². The number of benzene rings is 3. The number of hydrogen-bond donors (Lipinski definition) is 1. The normalized spacial score (nSPS) is 13.1. The predicted octanol–water partition coefficient (Wildman–Crippen LogP) is 6.13. The standard InChI is InChI=1S/C28H25Cl2N5O/c1-33(2)27(36)35-16-24(18-5-4-6-22(30)13-18)23-14-20(9-12-25(23)35)28(31,26-15-32-17-34(26)3)19-7-10-21(29)11-8-19/h4-17H,31H2,1-3H3. The minimum atomic E-state index is -1.02. The predicted molar refractivity (Wildman–Crippen MR) is 146 cm³/mol. The molecule has 2 aromatic heterocycles. The number of carbonyl (C=O) groups excluding carboxylic acids is 1. The van der Waals surface area contributed by atoms with E-state index in [0.29, 0.717) is 10.0 Å². The largest absolute Gasteiger partial charge is 0.336 e. The third-order valence-corrected chi connectivity index (χ3v) is 6.99. The average molecular weight is 518 g/mol. The lowest BCUT2D eigenvalue weighted by Gasteiger charge is -2.31. The van der Waals surface area contributed by atoms with E-state index in [0.717, 1.165) is 38.9 Å². The summed E-state index contributed by atoms with van der Waals surface area (Å²) in [6.45, 7) is 0. The fraction of sp³-hybridized carbons (Fsp3) is 0.143. The van der Waals surface area contributed by atoms with Crippen LogP contribution in [0.5, 0.6) is 0 Å². The molecule has 8 heteroatoms. The number of nitrogens with zero attached hydrogens (tertiary/aromatic N) is 4. The van der Waals surface area contributed by atoms with Gasteiger partial charge < -0.3 is 15.2 Å². The second-order valence-corrected chi connectivity index (χ2v) is 9.91. The van der Waals surface area contributed by atoms with E-state index in [-0.39, 0.29) is 6.03 Å². The van der Waals surface area contributed by atoms with Gasteiger partial charge in [0.05, 0.1) is 23.7 Å². The molecule has 6 nitrogen and oxygen atoms in total. The summed E-state index contributed by atoms with van der Waals surface area (Å²) in [7, 11) is 5.38. The first-order valence-corrected chi connectivity index (χ1v) is 12.1. The van der Waals surface area contributed by atoms with E-state index in [1.807, 2.05) is 84.5 Å². The number of halogens is 2. The Labute approximate surface area is 219 Å². The molecule has 0 aliphatic carbocycles. The van der Waals surface area contributed by atoms with Crippen molar-refractivity contribution in [2.75, 3.05) is 14.1 Å². The Morgan fingerprint density at radius 3 is 2.33 bits per heavy atom. The number of amides is 1. The van der Waals surface area contributed by atoms with Gasteiger partial charge in [-0.25, -0.2) is 9.78 Å². The molecule has 0 fully saturated rings. The number of carbonyl (C=O) groups is 1. The van der Waals surface area contributed by atoms with Crippen LogP contribution in [-0.2, 0) is 12.6 Å². The molecule has 182 valence electrons. The van der Waals surface area contributed by atoms with Crippen LogP contribution in [0.4, 0.5) is 4.79 Å². The van der Waals surface area contributed by atoms with Crippen molar-refractivity contribution < 1.29 is 4.79 Å². The Morgan fingerprint density at radius 2 is 1.69 bits per heavy atom. The second-order valence-electron chi connectivity index (χ2n) is 9.04. The lowest BCUT2D eigenvalue weighted by molar-refractivity contribution is 0.220. The fourth-order valence-corrected chi connectivity index (χ4v) is 4.96. The number of imidazole rings is 1. The molecular formula is C28H25Cl2N5O. The average Bonchev–Trinajstić information content (AvgIpc) is 3.47. The molecule has 1 amide bonds. The Hall–Kier alpha value is -3.58. The summed E-state index contributed by atoms with van der Waals surface area (Å²) >= 11 is 12.5. The molecule has 5 aromatic rings. The summed E-state index contributed by atoms with van der Waals surface area (Å²) in [6.07, 6.45) is 5.36. The Kier molecular flexibility index (Phi) is 6.12. The van der Waals surface area contributed by atoms with Gasteiger partial charge in [0.15, 0.2) is 0 Å². The quantitative estimate of drug-likeness (QED) is 0.311. The highest BCUT2D eigenvalue weighted by Gasteiger charge is 2.35. The van der Waals surface area contributed by atoms with Crippen LogP contribution in [0.2, 0.25) is 10.0 Å². The van der Waals surface area contributed by atoms with Crippen molar-refractivity contribution in [3.05, 3.63) is 112 Å². The third kappa shape index (κ3) is 3.97. The van der Waals surface area contributed by atoms with Gasteiger partial charge in [-0.15, -0.1) is 0 Å². The minimum Gasteiger partial charge on any atom is -0.336 e. The van der Waals surface area contributed by atoms with Gasteiger partial charge >= 0.3 is 6.03 Å². The molecule has 5 rings (SSSR count). The van der Waals surface area contributed by atoms with Crippen molar-refractivity contribution in [3.8, 4) is 11.1 Å². The Morgan fingerprint density at radius 1 is 0.972 bits per heavy atom.